The first-order valence-electron chi connectivity index (χ1n) is 7.38. The fourth-order valence-electron chi connectivity index (χ4n) is 2.58. The van der Waals surface area contributed by atoms with Crippen LogP contribution in [0.15, 0.2) is 18.2 Å². The highest BCUT2D eigenvalue weighted by Gasteiger charge is 2.17. The number of amides is 1. The van der Waals surface area contributed by atoms with E-state index < -0.39 is 0 Å². The lowest BCUT2D eigenvalue weighted by molar-refractivity contribution is 0.0939. The molecule has 3 rings (SSSR count). The molecule has 0 spiro atoms. The van der Waals surface area contributed by atoms with Crippen molar-refractivity contribution in [2.75, 3.05) is 46.3 Å². The van der Waals surface area contributed by atoms with Crippen LogP contribution < -0.4 is 5.32 Å². The second-order valence-corrected chi connectivity index (χ2v) is 6.73. The quantitative estimate of drug-likeness (QED) is 0.925. The maximum absolute atomic E-state index is 12.3. The van der Waals surface area contributed by atoms with Gasteiger partial charge in [0.05, 0.1) is 9.72 Å². The Hall–Kier alpha value is -1.21. The Balaban J connectivity index is 1.56. The Bertz CT molecular complexity index is 667. The Labute approximate surface area is 139 Å². The van der Waals surface area contributed by atoms with Crippen molar-refractivity contribution in [2.24, 2.45) is 0 Å². The summed E-state index contributed by atoms with van der Waals surface area (Å²) in [7, 11) is 2.14. The van der Waals surface area contributed by atoms with Crippen LogP contribution in [-0.4, -0.2) is 66.4 Å². The number of benzene rings is 1. The maximum Gasteiger partial charge on any atom is 0.271 e. The van der Waals surface area contributed by atoms with Crippen LogP contribution in [0, 0.1) is 0 Å². The predicted octanol–water partition coefficient (Wildman–Crippen LogP) is 1.93. The van der Waals surface area contributed by atoms with Crippen LogP contribution in [0.3, 0.4) is 0 Å². The maximum atomic E-state index is 12.3. The summed E-state index contributed by atoms with van der Waals surface area (Å²) in [6.45, 7) is 5.81. The fraction of sp³-hybridized carbons (Fsp3) is 0.467. The number of nitrogens with one attached hydrogen (secondary N) is 1. The van der Waals surface area contributed by atoms with Crippen LogP contribution in [0.25, 0.3) is 10.1 Å². The van der Waals surface area contributed by atoms with E-state index in [-0.39, 0.29) is 5.91 Å². The zero-order valence-electron chi connectivity index (χ0n) is 12.5. The van der Waals surface area contributed by atoms with E-state index in [9.17, 15) is 4.79 Å². The minimum atomic E-state index is -0.123. The average molecular weight is 339 g/mol. The molecular weight excluding hydrogens is 320 g/mol. The Morgan fingerprint density at radius 3 is 2.91 bits per heavy atom. The third-order valence-electron chi connectivity index (χ3n) is 3.97. The van der Waals surface area contributed by atoms with Crippen LogP contribution in [0.1, 0.15) is 10.5 Å². The van der Waals surface area contributed by atoms with Crippen LogP contribution in [0.2, 0.25) is 5.02 Å². The van der Waals surface area contributed by atoms with Gasteiger partial charge in [-0.3, -0.25) is 9.69 Å². The normalized spacial score (nSPS) is 17.0. The van der Waals surface area contributed by atoms with E-state index in [0.29, 0.717) is 17.3 Å². The molecule has 1 aliphatic rings. The van der Waals surface area contributed by atoms with Crippen molar-refractivity contribution in [2.45, 2.75) is 0 Å². The van der Waals surface area contributed by atoms with Crippen molar-refractivity contribution in [1.82, 2.24) is 19.5 Å². The highest BCUT2D eigenvalue weighted by atomic mass is 35.5. The lowest BCUT2D eigenvalue weighted by Crippen LogP contribution is -2.46. The number of rotatable bonds is 4. The van der Waals surface area contributed by atoms with Crippen LogP contribution in [-0.2, 0) is 0 Å². The number of fused-ring (bicyclic) bond motifs is 1. The molecule has 1 aromatic carbocycles. The molecule has 0 unspecified atom stereocenters. The lowest BCUT2D eigenvalue weighted by Gasteiger charge is -2.32. The number of carbonyl (C=O) groups excluding carboxylic acids is 1. The van der Waals surface area contributed by atoms with E-state index in [2.05, 4.69) is 26.5 Å². The molecule has 118 valence electrons. The first-order valence-corrected chi connectivity index (χ1v) is 8.53. The van der Waals surface area contributed by atoms with E-state index in [1.54, 1.807) is 0 Å². The van der Waals surface area contributed by atoms with E-state index in [1.165, 1.54) is 11.5 Å². The molecule has 22 heavy (non-hydrogen) atoms. The van der Waals surface area contributed by atoms with Gasteiger partial charge in [-0.25, -0.2) is 0 Å². The Kier molecular flexibility index (Phi) is 4.93. The van der Waals surface area contributed by atoms with Crippen molar-refractivity contribution in [3.05, 3.63) is 28.9 Å². The molecule has 2 aromatic rings. The number of likely N-dealkylation sites (N-methyl/N-ethyl adjacent to an activating group) is 1. The third-order valence-corrected chi connectivity index (χ3v) is 5.30. The molecule has 1 amide bonds. The van der Waals surface area contributed by atoms with E-state index in [4.69, 9.17) is 11.6 Å². The minimum absolute atomic E-state index is 0.123. The number of aromatic nitrogens is 1. The first-order chi connectivity index (χ1) is 10.6. The molecule has 1 aliphatic heterocycles. The summed E-state index contributed by atoms with van der Waals surface area (Å²) in [6, 6.07) is 5.55. The largest absolute Gasteiger partial charge is 0.349 e. The molecule has 2 heterocycles. The van der Waals surface area contributed by atoms with Gasteiger partial charge in [-0.2, -0.15) is 4.37 Å². The number of piperazine rings is 1. The van der Waals surface area contributed by atoms with Gasteiger partial charge in [-0.1, -0.05) is 23.7 Å². The summed E-state index contributed by atoms with van der Waals surface area (Å²) in [4.78, 5) is 17.0. The van der Waals surface area contributed by atoms with Gasteiger partial charge in [0.15, 0.2) is 0 Å². The molecule has 5 nitrogen and oxygen atoms in total. The Morgan fingerprint density at radius 2 is 2.14 bits per heavy atom. The molecule has 0 bridgehead atoms. The summed E-state index contributed by atoms with van der Waals surface area (Å²) in [6.07, 6.45) is 0. The molecule has 1 N–H and O–H groups in total. The summed E-state index contributed by atoms with van der Waals surface area (Å²) in [5.74, 6) is -0.123. The molecule has 0 atom stereocenters. The summed E-state index contributed by atoms with van der Waals surface area (Å²) in [5, 5.41) is 4.44. The predicted molar refractivity (Wildman–Crippen MR) is 90.9 cm³/mol. The van der Waals surface area contributed by atoms with Crippen LogP contribution in [0.5, 0.6) is 0 Å². The second kappa shape index (κ2) is 6.91. The van der Waals surface area contributed by atoms with Crippen molar-refractivity contribution in [1.29, 1.82) is 0 Å². The second-order valence-electron chi connectivity index (χ2n) is 5.55. The van der Waals surface area contributed by atoms with Gasteiger partial charge in [0.2, 0.25) is 0 Å². The van der Waals surface area contributed by atoms with Gasteiger partial charge < -0.3 is 10.2 Å². The molecule has 1 fully saturated rings. The van der Waals surface area contributed by atoms with Gasteiger partial charge in [0.25, 0.3) is 5.91 Å². The van der Waals surface area contributed by atoms with Crippen molar-refractivity contribution in [3.63, 3.8) is 0 Å². The smallest absolute Gasteiger partial charge is 0.271 e. The SMILES string of the molecule is CN1CCN(CCNC(=O)c2nsc3c(Cl)cccc23)CC1. The molecular formula is C15H19ClN4OS. The highest BCUT2D eigenvalue weighted by molar-refractivity contribution is 7.14. The van der Waals surface area contributed by atoms with Gasteiger partial charge in [-0.05, 0) is 24.6 Å². The number of carbonyl (C=O) groups is 1. The van der Waals surface area contributed by atoms with Gasteiger partial charge in [-0.15, -0.1) is 0 Å². The highest BCUT2D eigenvalue weighted by Crippen LogP contribution is 2.29. The minimum Gasteiger partial charge on any atom is -0.349 e. The van der Waals surface area contributed by atoms with E-state index in [0.717, 1.165) is 42.8 Å². The van der Waals surface area contributed by atoms with Crippen molar-refractivity contribution < 1.29 is 4.79 Å². The molecule has 1 aromatic heterocycles. The van der Waals surface area contributed by atoms with E-state index in [1.807, 2.05) is 18.2 Å². The monoisotopic (exact) mass is 338 g/mol. The van der Waals surface area contributed by atoms with Crippen molar-refractivity contribution in [3.8, 4) is 0 Å². The average Bonchev–Trinajstić information content (AvgIpc) is 2.95. The number of hydrogen-bond acceptors (Lipinski definition) is 5. The zero-order chi connectivity index (χ0) is 15.5. The van der Waals surface area contributed by atoms with Gasteiger partial charge in [0.1, 0.15) is 5.69 Å². The van der Waals surface area contributed by atoms with E-state index >= 15 is 0 Å². The van der Waals surface area contributed by atoms with Crippen molar-refractivity contribution >= 4 is 39.1 Å². The third kappa shape index (κ3) is 3.41. The number of nitrogens with zero attached hydrogens (tertiary/aromatic N) is 3. The molecule has 7 heteroatoms. The Morgan fingerprint density at radius 1 is 1.36 bits per heavy atom. The lowest BCUT2D eigenvalue weighted by atomic mass is 10.2. The standard InChI is InChI=1S/C15H19ClN4OS/c1-19-7-9-20(10-8-19)6-5-17-15(21)13-11-3-2-4-12(16)14(11)22-18-13/h2-4H,5-10H2,1H3,(H,17,21). The van der Waals surface area contributed by atoms with Crippen LogP contribution >= 0.6 is 23.1 Å². The number of halogens is 1. The number of hydrogen-bond donors (Lipinski definition) is 1. The van der Waals surface area contributed by atoms with Crippen LogP contribution in [0.4, 0.5) is 0 Å². The zero-order valence-corrected chi connectivity index (χ0v) is 14.1. The molecule has 1 saturated heterocycles. The molecule has 0 aliphatic carbocycles. The molecule has 0 radical (unpaired) electrons. The summed E-state index contributed by atoms with van der Waals surface area (Å²) in [5.41, 5.74) is 0.473. The summed E-state index contributed by atoms with van der Waals surface area (Å²) < 4.78 is 5.13. The fourth-order valence-corrected chi connectivity index (χ4v) is 3.64. The van der Waals surface area contributed by atoms with Gasteiger partial charge in [0, 0.05) is 44.7 Å². The first kappa shape index (κ1) is 15.7. The summed E-state index contributed by atoms with van der Waals surface area (Å²) >= 11 is 7.39. The topological polar surface area (TPSA) is 48.5 Å². The molecule has 0 saturated carbocycles. The van der Waals surface area contributed by atoms with Gasteiger partial charge >= 0.3 is 0 Å².